The van der Waals surface area contributed by atoms with E-state index >= 15 is 0 Å². The van der Waals surface area contributed by atoms with E-state index < -0.39 is 0 Å². The van der Waals surface area contributed by atoms with Gasteiger partial charge in [0.15, 0.2) is 0 Å². The SMILES string of the molecule is Cc1cccc(N2CCN(c3cncc(C(=O)NCC4CCCO4)c3)CC2)c1C. The number of amides is 1. The number of nitrogens with zero attached hydrogens (tertiary/aromatic N) is 3. The lowest BCUT2D eigenvalue weighted by atomic mass is 10.1. The van der Waals surface area contributed by atoms with Crippen molar-refractivity contribution in [3.05, 3.63) is 53.3 Å². The fourth-order valence-corrected chi connectivity index (χ4v) is 4.12. The summed E-state index contributed by atoms with van der Waals surface area (Å²) in [5.74, 6) is -0.0797. The summed E-state index contributed by atoms with van der Waals surface area (Å²) in [5, 5.41) is 2.98. The van der Waals surface area contributed by atoms with Crippen LogP contribution in [0.15, 0.2) is 36.7 Å². The van der Waals surface area contributed by atoms with Gasteiger partial charge in [-0.05, 0) is 49.9 Å². The summed E-state index contributed by atoms with van der Waals surface area (Å²) in [4.78, 5) is 21.6. The van der Waals surface area contributed by atoms with Crippen molar-refractivity contribution in [2.75, 3.05) is 49.1 Å². The average Bonchev–Trinajstić information content (AvgIpc) is 3.28. The molecule has 1 unspecified atom stereocenters. The average molecular weight is 395 g/mol. The van der Waals surface area contributed by atoms with Crippen molar-refractivity contribution in [2.24, 2.45) is 0 Å². The number of anilines is 2. The molecule has 2 fully saturated rings. The van der Waals surface area contributed by atoms with Crippen LogP contribution in [0.5, 0.6) is 0 Å². The predicted molar refractivity (Wildman–Crippen MR) is 116 cm³/mol. The molecule has 154 valence electrons. The van der Waals surface area contributed by atoms with Crippen LogP contribution in [0.25, 0.3) is 0 Å². The van der Waals surface area contributed by atoms with E-state index in [4.69, 9.17) is 4.74 Å². The maximum atomic E-state index is 12.5. The minimum absolute atomic E-state index is 0.0797. The number of hydrogen-bond donors (Lipinski definition) is 1. The van der Waals surface area contributed by atoms with Gasteiger partial charge in [-0.15, -0.1) is 0 Å². The minimum Gasteiger partial charge on any atom is -0.376 e. The van der Waals surface area contributed by atoms with E-state index in [2.05, 4.69) is 52.1 Å². The van der Waals surface area contributed by atoms with Gasteiger partial charge in [0.25, 0.3) is 5.91 Å². The topological polar surface area (TPSA) is 57.7 Å². The van der Waals surface area contributed by atoms with E-state index in [1.54, 1.807) is 6.20 Å². The summed E-state index contributed by atoms with van der Waals surface area (Å²) in [6.07, 6.45) is 5.73. The smallest absolute Gasteiger partial charge is 0.253 e. The summed E-state index contributed by atoms with van der Waals surface area (Å²) in [6, 6.07) is 8.45. The zero-order valence-corrected chi connectivity index (χ0v) is 17.4. The number of hydrogen-bond acceptors (Lipinski definition) is 5. The molecule has 0 radical (unpaired) electrons. The second-order valence-corrected chi connectivity index (χ2v) is 7.97. The highest BCUT2D eigenvalue weighted by molar-refractivity contribution is 5.94. The molecular formula is C23H30N4O2. The van der Waals surface area contributed by atoms with E-state index in [1.807, 2.05) is 12.3 Å². The number of pyridine rings is 1. The second-order valence-electron chi connectivity index (χ2n) is 7.97. The Labute approximate surface area is 172 Å². The lowest BCUT2D eigenvalue weighted by Crippen LogP contribution is -2.47. The standard InChI is InChI=1S/C23H30N4O2/c1-17-5-3-7-22(18(17)2)27-10-8-26(9-11-27)20-13-19(14-24-15-20)23(28)25-16-21-6-4-12-29-21/h3,5,7,13-15,21H,4,6,8-12,16H2,1-2H3,(H,25,28). The molecule has 2 aromatic rings. The number of aryl methyl sites for hydroxylation is 1. The van der Waals surface area contributed by atoms with Gasteiger partial charge in [0.05, 0.1) is 23.6 Å². The molecule has 1 aromatic heterocycles. The van der Waals surface area contributed by atoms with E-state index in [0.29, 0.717) is 12.1 Å². The third-order valence-electron chi connectivity index (χ3n) is 6.06. The Morgan fingerprint density at radius 2 is 1.97 bits per heavy atom. The number of nitrogens with one attached hydrogen (secondary N) is 1. The van der Waals surface area contributed by atoms with Crippen LogP contribution in [0.3, 0.4) is 0 Å². The molecule has 6 nitrogen and oxygen atoms in total. The highest BCUT2D eigenvalue weighted by atomic mass is 16.5. The largest absolute Gasteiger partial charge is 0.376 e. The Kier molecular flexibility index (Phi) is 6.00. The first-order chi connectivity index (χ1) is 14.1. The molecule has 29 heavy (non-hydrogen) atoms. The highest BCUT2D eigenvalue weighted by Gasteiger charge is 2.21. The zero-order valence-electron chi connectivity index (χ0n) is 17.4. The van der Waals surface area contributed by atoms with Gasteiger partial charge in [-0.2, -0.15) is 0 Å². The van der Waals surface area contributed by atoms with Crippen molar-refractivity contribution in [2.45, 2.75) is 32.8 Å². The molecule has 1 N–H and O–H groups in total. The minimum atomic E-state index is -0.0797. The fourth-order valence-electron chi connectivity index (χ4n) is 4.12. The van der Waals surface area contributed by atoms with Crippen molar-refractivity contribution >= 4 is 17.3 Å². The molecule has 2 aliphatic heterocycles. The van der Waals surface area contributed by atoms with Crippen LogP contribution in [0.4, 0.5) is 11.4 Å². The quantitative estimate of drug-likeness (QED) is 0.845. The Morgan fingerprint density at radius 3 is 2.72 bits per heavy atom. The van der Waals surface area contributed by atoms with Crippen molar-refractivity contribution in [1.82, 2.24) is 10.3 Å². The lowest BCUT2D eigenvalue weighted by molar-refractivity contribution is 0.0857. The molecule has 1 aromatic carbocycles. The maximum Gasteiger partial charge on any atom is 0.253 e. The van der Waals surface area contributed by atoms with Crippen LogP contribution in [0.2, 0.25) is 0 Å². The van der Waals surface area contributed by atoms with Gasteiger partial charge in [0.2, 0.25) is 0 Å². The summed E-state index contributed by atoms with van der Waals surface area (Å²) >= 11 is 0. The van der Waals surface area contributed by atoms with Gasteiger partial charge < -0.3 is 19.9 Å². The molecule has 2 aliphatic rings. The van der Waals surface area contributed by atoms with E-state index in [1.165, 1.54) is 16.8 Å². The number of carbonyl (C=O) groups is 1. The molecule has 1 atom stereocenters. The number of ether oxygens (including phenoxy) is 1. The van der Waals surface area contributed by atoms with Gasteiger partial charge in [0, 0.05) is 51.2 Å². The van der Waals surface area contributed by atoms with Crippen molar-refractivity contribution < 1.29 is 9.53 Å². The van der Waals surface area contributed by atoms with E-state index in [9.17, 15) is 4.79 Å². The van der Waals surface area contributed by atoms with Crippen molar-refractivity contribution in [3.63, 3.8) is 0 Å². The molecule has 0 saturated carbocycles. The predicted octanol–water partition coefficient (Wildman–Crippen LogP) is 2.93. The number of carbonyl (C=O) groups excluding carboxylic acids is 1. The van der Waals surface area contributed by atoms with Crippen LogP contribution in [-0.2, 0) is 4.74 Å². The summed E-state index contributed by atoms with van der Waals surface area (Å²) in [5.41, 5.74) is 5.63. The maximum absolute atomic E-state index is 12.5. The first kappa shape index (κ1) is 19.7. The number of piperazine rings is 1. The first-order valence-corrected chi connectivity index (χ1v) is 10.5. The van der Waals surface area contributed by atoms with Gasteiger partial charge in [0.1, 0.15) is 0 Å². The molecule has 6 heteroatoms. The Morgan fingerprint density at radius 1 is 1.17 bits per heavy atom. The summed E-state index contributed by atoms with van der Waals surface area (Å²) in [6.45, 7) is 9.46. The zero-order chi connectivity index (χ0) is 20.2. The Bertz CT molecular complexity index is 856. The molecular weight excluding hydrogens is 364 g/mol. The number of rotatable bonds is 5. The molecule has 1 amide bonds. The third kappa shape index (κ3) is 4.53. The highest BCUT2D eigenvalue weighted by Crippen LogP contribution is 2.25. The molecule has 2 saturated heterocycles. The normalized spacial score (nSPS) is 19.4. The first-order valence-electron chi connectivity index (χ1n) is 10.5. The molecule has 0 bridgehead atoms. The monoisotopic (exact) mass is 394 g/mol. The number of aromatic nitrogens is 1. The van der Waals surface area contributed by atoms with Crippen molar-refractivity contribution in [3.8, 4) is 0 Å². The molecule has 0 aliphatic carbocycles. The molecule has 4 rings (SSSR count). The van der Waals surface area contributed by atoms with Gasteiger partial charge in [-0.3, -0.25) is 9.78 Å². The second kappa shape index (κ2) is 8.82. The summed E-state index contributed by atoms with van der Waals surface area (Å²) in [7, 11) is 0. The van der Waals surface area contributed by atoms with Crippen LogP contribution >= 0.6 is 0 Å². The Hall–Kier alpha value is -2.60. The Balaban J connectivity index is 1.36. The van der Waals surface area contributed by atoms with E-state index in [-0.39, 0.29) is 12.0 Å². The van der Waals surface area contributed by atoms with Crippen molar-refractivity contribution in [1.29, 1.82) is 0 Å². The number of benzene rings is 1. The van der Waals surface area contributed by atoms with Gasteiger partial charge in [-0.1, -0.05) is 12.1 Å². The molecule has 3 heterocycles. The fraction of sp³-hybridized carbons (Fsp3) is 0.478. The van der Waals surface area contributed by atoms with Crippen LogP contribution in [0.1, 0.15) is 34.3 Å². The van der Waals surface area contributed by atoms with Gasteiger partial charge in [-0.25, -0.2) is 0 Å². The lowest BCUT2D eigenvalue weighted by Gasteiger charge is -2.38. The van der Waals surface area contributed by atoms with Gasteiger partial charge >= 0.3 is 0 Å². The molecule has 0 spiro atoms. The van der Waals surface area contributed by atoms with Crippen LogP contribution in [-0.4, -0.2) is 56.3 Å². The van der Waals surface area contributed by atoms with Crippen LogP contribution < -0.4 is 15.1 Å². The summed E-state index contributed by atoms with van der Waals surface area (Å²) < 4.78 is 5.58. The third-order valence-corrected chi connectivity index (χ3v) is 6.06. The van der Waals surface area contributed by atoms with E-state index in [0.717, 1.165) is 51.3 Å². The van der Waals surface area contributed by atoms with Crippen LogP contribution in [0, 0.1) is 13.8 Å².